The first-order valence-corrected chi connectivity index (χ1v) is 14.4. The average Bonchev–Trinajstić information content (AvgIpc) is 2.71. The maximum atomic E-state index is 11.5. The van der Waals surface area contributed by atoms with Gasteiger partial charge in [0.15, 0.2) is 0 Å². The van der Waals surface area contributed by atoms with Crippen LogP contribution in [0.4, 0.5) is 0 Å². The third kappa shape index (κ3) is 10.1. The van der Waals surface area contributed by atoms with Gasteiger partial charge in [-0.1, -0.05) is 36.4 Å². The van der Waals surface area contributed by atoms with Gasteiger partial charge in [-0.3, -0.25) is 0 Å². The van der Waals surface area contributed by atoms with E-state index in [0.717, 1.165) is 24.3 Å². The summed E-state index contributed by atoms with van der Waals surface area (Å²) in [5.41, 5.74) is 0.564. The van der Waals surface area contributed by atoms with E-state index >= 15 is 0 Å². The third-order valence-corrected chi connectivity index (χ3v) is 9.39. The van der Waals surface area contributed by atoms with Gasteiger partial charge in [-0.25, -0.2) is 25.3 Å². The molecular weight excluding hydrogens is 568 g/mol. The molecule has 35 heavy (non-hydrogen) atoms. The van der Waals surface area contributed by atoms with E-state index in [1.54, 1.807) is 12.1 Å². The second-order valence-corrected chi connectivity index (χ2v) is 12.9. The molecule has 0 N–H and O–H groups in total. The Morgan fingerprint density at radius 2 is 0.914 bits per heavy atom. The van der Waals surface area contributed by atoms with Crippen molar-refractivity contribution in [2.24, 2.45) is 0 Å². The van der Waals surface area contributed by atoms with Crippen LogP contribution in [0.15, 0.2) is 87.5 Å². The summed E-state index contributed by atoms with van der Waals surface area (Å²) in [6, 6.07) is 15.6. The summed E-state index contributed by atoms with van der Waals surface area (Å²) in [4.78, 5) is -1.37. The second kappa shape index (κ2) is 14.3. The van der Waals surface area contributed by atoms with Gasteiger partial charge in [-0.15, -0.1) is 0 Å². The summed E-state index contributed by atoms with van der Waals surface area (Å²) in [6.07, 6.45) is 0.180. The predicted molar refractivity (Wildman–Crippen MR) is 113 cm³/mol. The van der Waals surface area contributed by atoms with E-state index in [-0.39, 0.29) is 94.8 Å². The first kappa shape index (κ1) is 35.8. The zero-order valence-corrected chi connectivity index (χ0v) is 28.3. The van der Waals surface area contributed by atoms with Crippen molar-refractivity contribution in [2.45, 2.75) is 20.8 Å². The Morgan fingerprint density at radius 3 is 1.26 bits per heavy atom. The molecule has 170 valence electrons. The Kier molecular flexibility index (Phi) is 14.6. The van der Waals surface area contributed by atoms with Gasteiger partial charge in [0, 0.05) is 6.16 Å². The zero-order valence-electron chi connectivity index (χ0n) is 19.0. The van der Waals surface area contributed by atoms with Crippen molar-refractivity contribution in [1.29, 1.82) is 0 Å². The van der Waals surface area contributed by atoms with Crippen LogP contribution in [0.2, 0.25) is 0 Å². The van der Waals surface area contributed by atoms with Crippen molar-refractivity contribution in [3.63, 3.8) is 0 Å². The molecule has 3 aromatic rings. The van der Waals surface area contributed by atoms with E-state index in [2.05, 4.69) is 0 Å². The predicted octanol–water partition coefficient (Wildman–Crippen LogP) is -7.96. The molecule has 0 atom stereocenters. The smallest absolute Gasteiger partial charge is 0.744 e. The fraction of sp³-hybridized carbons (Fsp3) is 0.0526. The van der Waals surface area contributed by atoms with Gasteiger partial charge in [0.1, 0.15) is 30.4 Å². The second-order valence-electron chi connectivity index (χ2n) is 6.59. The van der Waals surface area contributed by atoms with Crippen molar-refractivity contribution < 1.29 is 128 Å². The van der Waals surface area contributed by atoms with Crippen LogP contribution in [-0.4, -0.2) is 38.9 Å². The molecule has 0 spiro atoms. The standard InChI is InChI=1S/C19H17O9PS3.3Na/c20-30(21,22)17-9-7-14(8-10-17)13-29(15-3-1-5-18(11-15)31(23,24)25)16-4-2-6-19(12-16)32(26,27)28;;;/h1-12H,13H2,(H,20,21,22)(H,23,24,25)(H,26,27,28);;;/q;3*+1/p-3. The van der Waals surface area contributed by atoms with Gasteiger partial charge in [0.05, 0.1) is 14.7 Å². The topological polar surface area (TPSA) is 172 Å². The minimum atomic E-state index is -4.75. The van der Waals surface area contributed by atoms with E-state index in [1.807, 2.05) is 0 Å². The van der Waals surface area contributed by atoms with Gasteiger partial charge < -0.3 is 13.7 Å². The summed E-state index contributed by atoms with van der Waals surface area (Å²) in [5.74, 6) is 0. The molecule has 0 aliphatic carbocycles. The van der Waals surface area contributed by atoms with Crippen LogP contribution in [-0.2, 0) is 36.5 Å². The van der Waals surface area contributed by atoms with Crippen LogP contribution in [0, 0.1) is 0 Å². The third-order valence-electron chi connectivity index (χ3n) is 4.39. The molecule has 0 saturated heterocycles. The fourth-order valence-electron chi connectivity index (χ4n) is 2.89. The summed E-state index contributed by atoms with van der Waals surface area (Å²) in [5, 5.41) is 0.829. The van der Waals surface area contributed by atoms with E-state index in [9.17, 15) is 38.9 Å². The molecule has 3 rings (SSSR count). The Hall–Kier alpha value is 0.820. The van der Waals surface area contributed by atoms with Gasteiger partial charge in [-0.2, -0.15) is 0 Å². The van der Waals surface area contributed by atoms with Crippen LogP contribution in [0.5, 0.6) is 0 Å². The van der Waals surface area contributed by atoms with Crippen LogP contribution in [0.1, 0.15) is 5.56 Å². The van der Waals surface area contributed by atoms with Crippen LogP contribution >= 0.6 is 7.92 Å². The maximum Gasteiger partial charge on any atom is 1.00 e. The summed E-state index contributed by atoms with van der Waals surface area (Å²) < 4.78 is 102. The molecule has 0 aromatic heterocycles. The minimum absolute atomic E-state index is 0. The van der Waals surface area contributed by atoms with Crippen molar-refractivity contribution >= 4 is 48.9 Å². The van der Waals surface area contributed by atoms with E-state index in [0.29, 0.717) is 16.2 Å². The Balaban J connectivity index is 0.00000385. The van der Waals surface area contributed by atoms with Crippen molar-refractivity contribution in [3.05, 3.63) is 78.4 Å². The van der Waals surface area contributed by atoms with Crippen LogP contribution in [0.3, 0.4) is 0 Å². The van der Waals surface area contributed by atoms with Gasteiger partial charge in [0.25, 0.3) is 0 Å². The molecule has 0 bridgehead atoms. The average molecular weight is 582 g/mol. The van der Waals surface area contributed by atoms with E-state index in [4.69, 9.17) is 0 Å². The quantitative estimate of drug-likeness (QED) is 0.149. The molecule has 9 nitrogen and oxygen atoms in total. The number of rotatable bonds is 7. The Morgan fingerprint density at radius 1 is 0.543 bits per heavy atom. The summed E-state index contributed by atoms with van der Waals surface area (Å²) in [6.45, 7) is 0. The van der Waals surface area contributed by atoms with Crippen molar-refractivity contribution in [1.82, 2.24) is 0 Å². The molecular formula is C19H14Na3O9PS3. The van der Waals surface area contributed by atoms with E-state index < -0.39 is 53.0 Å². The fourth-order valence-corrected chi connectivity index (χ4v) is 6.93. The largest absolute Gasteiger partial charge is 1.00 e. The first-order valence-electron chi connectivity index (χ1n) is 8.69. The number of hydrogen-bond acceptors (Lipinski definition) is 9. The summed E-state index contributed by atoms with van der Waals surface area (Å²) >= 11 is 0. The van der Waals surface area contributed by atoms with Crippen molar-refractivity contribution in [2.75, 3.05) is 0 Å². The molecule has 0 aliphatic heterocycles. The molecule has 0 fully saturated rings. The first-order chi connectivity index (χ1) is 14.7. The molecule has 0 unspecified atom stereocenters. The minimum Gasteiger partial charge on any atom is -0.744 e. The zero-order chi connectivity index (χ0) is 23.7. The maximum absolute atomic E-state index is 11.5. The summed E-state index contributed by atoms with van der Waals surface area (Å²) in [7, 11) is -15.7. The molecule has 0 aliphatic rings. The van der Waals surface area contributed by atoms with E-state index in [1.165, 1.54) is 36.4 Å². The molecule has 16 heteroatoms. The molecule has 3 aromatic carbocycles. The molecule has 0 radical (unpaired) electrons. The Labute approximate surface area is 272 Å². The van der Waals surface area contributed by atoms with Crippen molar-refractivity contribution in [3.8, 4) is 0 Å². The van der Waals surface area contributed by atoms with Crippen LogP contribution in [0.25, 0.3) is 0 Å². The molecule has 0 amide bonds. The normalized spacial score (nSPS) is 11.7. The number of hydrogen-bond donors (Lipinski definition) is 0. The van der Waals surface area contributed by atoms with Gasteiger partial charge in [-0.05, 0) is 60.5 Å². The van der Waals surface area contributed by atoms with Gasteiger partial charge in [0.2, 0.25) is 0 Å². The monoisotopic (exact) mass is 582 g/mol. The number of benzene rings is 3. The van der Waals surface area contributed by atoms with Gasteiger partial charge >= 0.3 is 88.7 Å². The molecule has 0 saturated carbocycles. The van der Waals surface area contributed by atoms with Crippen LogP contribution < -0.4 is 99.3 Å². The molecule has 0 heterocycles. The SMILES string of the molecule is O=S(=O)([O-])c1ccc(CP(c2cccc(S(=O)(=O)[O-])c2)c2cccc(S(=O)(=O)[O-])c2)cc1.[Na+].[Na+].[Na+]. The Bertz CT molecular complexity index is 1400.